The maximum absolute atomic E-state index is 12.6. The average molecular weight is 1480 g/mol. The van der Waals surface area contributed by atoms with Crippen LogP contribution in [0.3, 0.4) is 0 Å². The van der Waals surface area contributed by atoms with E-state index >= 15 is 0 Å². The number of ether oxygens (including phenoxy) is 4. The van der Waals surface area contributed by atoms with Crippen molar-refractivity contribution in [2.45, 2.75) is 65.2 Å². The molecular weight excluding hydrogens is 1420 g/mol. The van der Waals surface area contributed by atoms with Gasteiger partial charge in [0.05, 0.1) is 52.6 Å². The van der Waals surface area contributed by atoms with E-state index in [1.54, 1.807) is 12.4 Å². The van der Waals surface area contributed by atoms with E-state index in [0.29, 0.717) is 65.3 Å². The summed E-state index contributed by atoms with van der Waals surface area (Å²) in [6.07, 6.45) is -0.158. The number of anilines is 3. The Kier molecular flexibility index (Phi) is 28.1. The molecule has 9 aromatic rings. The van der Waals surface area contributed by atoms with E-state index in [1.165, 1.54) is 73.9 Å². The van der Waals surface area contributed by atoms with Crippen LogP contribution in [0.5, 0.6) is 17.2 Å². The molecule has 0 aliphatic carbocycles. The van der Waals surface area contributed by atoms with Crippen LogP contribution in [0.1, 0.15) is 71.4 Å². The van der Waals surface area contributed by atoms with Crippen LogP contribution in [0, 0.1) is 20.8 Å². The number of aromatic nitrogens is 6. The minimum Gasteiger partial charge on any atom is -0.506 e. The monoisotopic (exact) mass is 1480 g/mol. The summed E-state index contributed by atoms with van der Waals surface area (Å²) in [5.74, 6) is -2.57. The van der Waals surface area contributed by atoms with Gasteiger partial charge in [0.2, 0.25) is 17.8 Å². The Morgan fingerprint density at radius 2 is 0.800 bits per heavy atom. The summed E-state index contributed by atoms with van der Waals surface area (Å²) < 4.78 is 151. The SMILES string of the molecule is CCOS(=O)(=O)C(F)(F)F.COC(=O)c1cc(-c2cnc(NCc3cccc(C)c3)nc2)cc(O)c1Cl.COC(=O)c1cc(-c2cnc(NCc3cccc(C)c3)nc2)cc(OCC(F)(F)F)c1Cl.Cc1cccc(CNc2ncc(-c3cc(OCC(F)(F)F)c(Cl)c(C(=O)O)c3)cn2)c1. The summed E-state index contributed by atoms with van der Waals surface area (Å²) in [5.41, 5.74) is 3.56. The number of aryl methyl sites for hydroxylation is 3. The highest BCUT2D eigenvalue weighted by molar-refractivity contribution is 7.87. The number of hydrogen-bond acceptors (Lipinski definition) is 20. The van der Waals surface area contributed by atoms with Gasteiger partial charge in [0.15, 0.2) is 13.2 Å². The summed E-state index contributed by atoms with van der Waals surface area (Å²) in [4.78, 5) is 60.7. The quantitative estimate of drug-likeness (QED) is 0.0193. The number of carbonyl (C=O) groups excluding carboxylic acids is 2. The van der Waals surface area contributed by atoms with Gasteiger partial charge in [-0.2, -0.15) is 47.9 Å². The van der Waals surface area contributed by atoms with Crippen LogP contribution in [0.4, 0.5) is 57.4 Å². The number of alkyl halides is 9. The van der Waals surface area contributed by atoms with E-state index in [-0.39, 0.29) is 38.2 Å². The molecule has 3 aromatic heterocycles. The third-order valence-electron chi connectivity index (χ3n) is 13.1. The second-order valence-corrected chi connectivity index (χ2v) is 23.6. The highest BCUT2D eigenvalue weighted by atomic mass is 35.5. The normalized spacial score (nSPS) is 11.3. The number of nitrogens with one attached hydrogen (secondary N) is 3. The van der Waals surface area contributed by atoms with Crippen molar-refractivity contribution in [3.05, 3.63) is 212 Å². The Bertz CT molecular complexity index is 4420. The lowest BCUT2D eigenvalue weighted by molar-refractivity contribution is -0.154. The Balaban J connectivity index is 0.000000221. The number of phenols is 1. The van der Waals surface area contributed by atoms with Crippen molar-refractivity contribution in [2.24, 2.45) is 0 Å². The van der Waals surface area contributed by atoms with Crippen molar-refractivity contribution in [2.75, 3.05) is 50.0 Å². The molecule has 0 bridgehead atoms. The standard InChI is InChI=1S/C22H19ClF3N3O3.C21H17ClF3N3O3.C20H18ClN3O3.C3H5F3O3S/c1-13-4-3-5-14(6-13)9-27-21-28-10-16(11-29-21)15-7-17(20(30)31-2)19(23)18(8-15)32-12-22(24,25)26;1-12-3-2-4-13(5-12)8-26-20-27-9-15(10-28-20)14-6-16(19(29)30)18(22)17(7-14)31-11-21(23,24)25;1-12-4-3-5-13(6-12)9-22-20-23-10-15(11-24-20)14-7-16(19(26)27-2)18(21)17(25)8-14;1-2-9-10(7,8)3(4,5)6/h3-8,10-11H,9,12H2,1-2H3,(H,27,28,29);2-7,9-10H,8,11H2,1H3,(H,29,30)(H,26,27,28);3-8,10-11,25H,9H2,1-2H3,(H,22,23,24);2H2,1H3. The molecule has 0 atom stereocenters. The molecule has 0 amide bonds. The molecular formula is C66H59Cl3F9N9O12S. The molecule has 0 spiro atoms. The number of carboxylic acids is 1. The molecule has 0 aliphatic heterocycles. The summed E-state index contributed by atoms with van der Waals surface area (Å²) in [7, 11) is -2.96. The molecule has 100 heavy (non-hydrogen) atoms. The Hall–Kier alpha value is -10.1. The highest BCUT2D eigenvalue weighted by Crippen LogP contribution is 2.38. The largest absolute Gasteiger partial charge is 0.523 e. The number of esters is 2. The molecule has 34 heteroatoms. The topological polar surface area (TPSA) is 285 Å². The number of phenolic OH excluding ortho intramolecular Hbond substituents is 1. The molecule has 0 aliphatic rings. The number of aromatic hydroxyl groups is 1. The molecule has 21 nitrogen and oxygen atoms in total. The fourth-order valence-electron chi connectivity index (χ4n) is 8.44. The zero-order valence-corrected chi connectivity index (χ0v) is 56.3. The fourth-order valence-corrected chi connectivity index (χ4v) is 9.56. The van der Waals surface area contributed by atoms with Gasteiger partial charge in [0, 0.05) is 73.5 Å². The molecule has 0 unspecified atom stereocenters. The number of methoxy groups -OCH3 is 2. The Labute approximate surface area is 580 Å². The summed E-state index contributed by atoms with van der Waals surface area (Å²) >= 11 is 18.0. The lowest BCUT2D eigenvalue weighted by Gasteiger charge is -2.14. The predicted octanol–water partition coefficient (Wildman–Crippen LogP) is 15.9. The van der Waals surface area contributed by atoms with Gasteiger partial charge in [0.1, 0.15) is 17.2 Å². The molecule has 3 heterocycles. The Morgan fingerprint density at radius 3 is 1.09 bits per heavy atom. The van der Waals surface area contributed by atoms with Crippen LogP contribution in [-0.2, 0) is 43.4 Å². The molecule has 0 fully saturated rings. The summed E-state index contributed by atoms with van der Waals surface area (Å²) in [5, 5.41) is 27.9. The van der Waals surface area contributed by atoms with Gasteiger partial charge >= 0.3 is 45.9 Å². The van der Waals surface area contributed by atoms with Gasteiger partial charge in [-0.05, 0) is 97.5 Å². The minimum absolute atomic E-state index is 0.0528. The number of rotatable bonds is 21. The number of carboxylic acid groups (broad SMARTS) is 1. The fraction of sp³-hybridized carbons (Fsp3) is 0.227. The van der Waals surface area contributed by atoms with E-state index in [2.05, 4.69) is 65.6 Å². The van der Waals surface area contributed by atoms with Crippen molar-refractivity contribution < 1.29 is 95.7 Å². The second kappa shape index (κ2) is 35.6. The molecule has 9 rings (SSSR count). The van der Waals surface area contributed by atoms with Crippen LogP contribution in [0.25, 0.3) is 33.4 Å². The van der Waals surface area contributed by atoms with Crippen molar-refractivity contribution >= 4 is 80.7 Å². The summed E-state index contributed by atoms with van der Waals surface area (Å²) in [6.45, 7) is 5.13. The van der Waals surface area contributed by atoms with Crippen LogP contribution in [0.15, 0.2) is 146 Å². The smallest absolute Gasteiger partial charge is 0.506 e. The first-order valence-electron chi connectivity index (χ1n) is 28.9. The number of benzene rings is 6. The van der Waals surface area contributed by atoms with Gasteiger partial charge in [0.25, 0.3) is 0 Å². The number of nitrogens with zero attached hydrogens (tertiary/aromatic N) is 6. The van der Waals surface area contributed by atoms with Gasteiger partial charge in [-0.1, -0.05) is 124 Å². The molecule has 0 radical (unpaired) electrons. The van der Waals surface area contributed by atoms with Crippen molar-refractivity contribution in [3.63, 3.8) is 0 Å². The maximum Gasteiger partial charge on any atom is 0.523 e. The molecule has 5 N–H and O–H groups in total. The van der Waals surface area contributed by atoms with Crippen molar-refractivity contribution in [3.8, 4) is 50.6 Å². The predicted molar refractivity (Wildman–Crippen MR) is 354 cm³/mol. The zero-order valence-electron chi connectivity index (χ0n) is 53.2. The number of halogens is 12. The number of carbonyl (C=O) groups is 3. The van der Waals surface area contributed by atoms with Crippen LogP contribution < -0.4 is 25.4 Å². The number of hydrogen-bond donors (Lipinski definition) is 5. The third-order valence-corrected chi connectivity index (χ3v) is 15.4. The summed E-state index contributed by atoms with van der Waals surface area (Å²) in [6, 6.07) is 32.1. The molecule has 530 valence electrons. The minimum atomic E-state index is -5.35. The van der Waals surface area contributed by atoms with Crippen LogP contribution in [0.2, 0.25) is 15.1 Å². The Morgan fingerprint density at radius 1 is 0.480 bits per heavy atom. The molecule has 0 saturated heterocycles. The first-order chi connectivity index (χ1) is 47.1. The van der Waals surface area contributed by atoms with Crippen molar-refractivity contribution in [1.29, 1.82) is 0 Å². The lowest BCUT2D eigenvalue weighted by Crippen LogP contribution is -2.25. The third kappa shape index (κ3) is 24.1. The second-order valence-electron chi connectivity index (χ2n) is 20.8. The lowest BCUT2D eigenvalue weighted by atomic mass is 10.0. The zero-order chi connectivity index (χ0) is 73.7. The van der Waals surface area contributed by atoms with E-state index in [1.807, 2.05) is 87.5 Å². The average Bonchev–Trinajstić information content (AvgIpc) is 0.812. The van der Waals surface area contributed by atoms with Crippen LogP contribution >= 0.6 is 34.8 Å². The van der Waals surface area contributed by atoms with Gasteiger partial charge in [-0.25, -0.2) is 44.3 Å². The van der Waals surface area contributed by atoms with Gasteiger partial charge in [-0.3, -0.25) is 4.18 Å². The van der Waals surface area contributed by atoms with Gasteiger partial charge < -0.3 is 45.1 Å². The van der Waals surface area contributed by atoms with Crippen molar-refractivity contribution in [1.82, 2.24) is 29.9 Å². The van der Waals surface area contributed by atoms with E-state index in [4.69, 9.17) is 44.3 Å². The number of aromatic carboxylic acids is 1. The van der Waals surface area contributed by atoms with E-state index < -0.39 is 82.0 Å². The first-order valence-corrected chi connectivity index (χ1v) is 31.4. The van der Waals surface area contributed by atoms with E-state index in [0.717, 1.165) is 41.9 Å². The first kappa shape index (κ1) is 78.9. The van der Waals surface area contributed by atoms with E-state index in [9.17, 15) is 72.5 Å². The molecule has 6 aromatic carbocycles. The van der Waals surface area contributed by atoms with Crippen LogP contribution in [-0.4, -0.2) is 118 Å². The molecule has 0 saturated carbocycles. The highest BCUT2D eigenvalue weighted by Gasteiger charge is 2.47. The van der Waals surface area contributed by atoms with Gasteiger partial charge in [-0.15, -0.1) is 0 Å². The maximum atomic E-state index is 12.6.